The van der Waals surface area contributed by atoms with Gasteiger partial charge in [0.05, 0.1) is 6.10 Å². The molecule has 0 aliphatic carbocycles. The van der Waals surface area contributed by atoms with Crippen molar-refractivity contribution in [1.29, 1.82) is 0 Å². The first kappa shape index (κ1) is 10.8. The number of thioether (sulfide) groups is 1. The van der Waals surface area contributed by atoms with E-state index in [0.717, 1.165) is 31.0 Å². The largest absolute Gasteiger partial charge is 0.378 e. The van der Waals surface area contributed by atoms with E-state index in [0.29, 0.717) is 6.10 Å². The van der Waals surface area contributed by atoms with Crippen molar-refractivity contribution in [3.63, 3.8) is 0 Å². The lowest BCUT2D eigenvalue weighted by molar-refractivity contribution is 0.104. The molecule has 0 aromatic rings. The van der Waals surface area contributed by atoms with E-state index in [1.165, 1.54) is 17.9 Å². The van der Waals surface area contributed by atoms with E-state index in [4.69, 9.17) is 4.74 Å². The van der Waals surface area contributed by atoms with Gasteiger partial charge in [0.15, 0.2) is 0 Å². The first-order valence-corrected chi connectivity index (χ1v) is 6.85. The molecule has 0 spiro atoms. The quantitative estimate of drug-likeness (QED) is 0.775. The number of nitrogens with one attached hydrogen (secondary N) is 1. The predicted molar refractivity (Wildman–Crippen MR) is 61.8 cm³/mol. The van der Waals surface area contributed by atoms with Gasteiger partial charge in [-0.1, -0.05) is 6.92 Å². The highest BCUT2D eigenvalue weighted by Gasteiger charge is 2.28. The number of rotatable bonds is 3. The number of hydrogen-bond donors (Lipinski definition) is 1. The van der Waals surface area contributed by atoms with Gasteiger partial charge < -0.3 is 10.1 Å². The van der Waals surface area contributed by atoms with Crippen LogP contribution in [0.2, 0.25) is 0 Å². The molecule has 4 unspecified atom stereocenters. The van der Waals surface area contributed by atoms with Gasteiger partial charge >= 0.3 is 0 Å². The second-order valence-electron chi connectivity index (χ2n) is 4.65. The fraction of sp³-hybridized carbons (Fsp3) is 1.00. The fourth-order valence-electron chi connectivity index (χ4n) is 2.27. The van der Waals surface area contributed by atoms with Gasteiger partial charge in [-0.2, -0.15) is 11.8 Å². The lowest BCUT2D eigenvalue weighted by Gasteiger charge is -2.20. The summed E-state index contributed by atoms with van der Waals surface area (Å²) in [5, 5.41) is 3.70. The standard InChI is InChI=1S/C11H21NOS/c1-8-6-14-7-11(8)12-5-10-3-4-13-9(10)2/h8-12H,3-7H2,1-2H3. The molecule has 1 N–H and O–H groups in total. The molecule has 0 bridgehead atoms. The lowest BCUT2D eigenvalue weighted by Crippen LogP contribution is -2.38. The molecule has 3 heteroatoms. The highest BCUT2D eigenvalue weighted by molar-refractivity contribution is 7.99. The van der Waals surface area contributed by atoms with Crippen LogP contribution in [0.3, 0.4) is 0 Å². The van der Waals surface area contributed by atoms with Crippen LogP contribution in [0.1, 0.15) is 20.3 Å². The zero-order valence-electron chi connectivity index (χ0n) is 9.16. The Labute approximate surface area is 91.2 Å². The number of ether oxygens (including phenoxy) is 1. The summed E-state index contributed by atoms with van der Waals surface area (Å²) in [6.45, 7) is 6.66. The smallest absolute Gasteiger partial charge is 0.0588 e. The van der Waals surface area contributed by atoms with Gasteiger partial charge in [0, 0.05) is 24.9 Å². The second-order valence-corrected chi connectivity index (χ2v) is 5.73. The first-order valence-electron chi connectivity index (χ1n) is 5.70. The van der Waals surface area contributed by atoms with Crippen molar-refractivity contribution >= 4 is 11.8 Å². The van der Waals surface area contributed by atoms with Crippen molar-refractivity contribution in [3.8, 4) is 0 Å². The molecule has 0 aromatic carbocycles. The molecular weight excluding hydrogens is 194 g/mol. The molecular formula is C11H21NOS. The first-order chi connectivity index (χ1) is 6.77. The van der Waals surface area contributed by atoms with Crippen LogP contribution in [-0.4, -0.2) is 36.8 Å². The van der Waals surface area contributed by atoms with E-state index in [1.54, 1.807) is 0 Å². The molecule has 2 nitrogen and oxygen atoms in total. The van der Waals surface area contributed by atoms with Gasteiger partial charge in [-0.15, -0.1) is 0 Å². The van der Waals surface area contributed by atoms with Gasteiger partial charge in [-0.05, 0) is 30.9 Å². The van der Waals surface area contributed by atoms with Gasteiger partial charge in [0.2, 0.25) is 0 Å². The molecule has 4 atom stereocenters. The van der Waals surface area contributed by atoms with Gasteiger partial charge in [-0.25, -0.2) is 0 Å². The van der Waals surface area contributed by atoms with Crippen LogP contribution >= 0.6 is 11.8 Å². The van der Waals surface area contributed by atoms with Crippen LogP contribution in [0.5, 0.6) is 0 Å². The van der Waals surface area contributed by atoms with Crippen molar-refractivity contribution < 1.29 is 4.74 Å². The molecule has 2 fully saturated rings. The zero-order valence-corrected chi connectivity index (χ0v) is 9.98. The van der Waals surface area contributed by atoms with E-state index in [1.807, 2.05) is 0 Å². The summed E-state index contributed by atoms with van der Waals surface area (Å²) in [5.74, 6) is 4.21. The highest BCUT2D eigenvalue weighted by Crippen LogP contribution is 2.25. The van der Waals surface area contributed by atoms with Crippen LogP contribution in [0.4, 0.5) is 0 Å². The summed E-state index contributed by atoms with van der Waals surface area (Å²) in [5.41, 5.74) is 0. The van der Waals surface area contributed by atoms with E-state index in [9.17, 15) is 0 Å². The van der Waals surface area contributed by atoms with Crippen molar-refractivity contribution in [3.05, 3.63) is 0 Å². The van der Waals surface area contributed by atoms with Gasteiger partial charge in [0.25, 0.3) is 0 Å². The van der Waals surface area contributed by atoms with Gasteiger partial charge in [-0.3, -0.25) is 0 Å². The van der Waals surface area contributed by atoms with E-state index < -0.39 is 0 Å². The second kappa shape index (κ2) is 4.86. The Hall–Kier alpha value is 0.270. The van der Waals surface area contributed by atoms with Crippen LogP contribution < -0.4 is 5.32 Å². The summed E-state index contributed by atoms with van der Waals surface area (Å²) in [4.78, 5) is 0. The third-order valence-electron chi connectivity index (χ3n) is 3.54. The lowest BCUT2D eigenvalue weighted by atomic mass is 10.0. The minimum absolute atomic E-state index is 0.465. The summed E-state index contributed by atoms with van der Waals surface area (Å²) in [7, 11) is 0. The van der Waals surface area contributed by atoms with Crippen LogP contribution in [0.15, 0.2) is 0 Å². The summed E-state index contributed by atoms with van der Waals surface area (Å²) >= 11 is 2.08. The van der Waals surface area contributed by atoms with E-state index in [-0.39, 0.29) is 0 Å². The highest BCUT2D eigenvalue weighted by atomic mass is 32.2. The van der Waals surface area contributed by atoms with Crippen molar-refractivity contribution in [2.45, 2.75) is 32.4 Å². The fourth-order valence-corrected chi connectivity index (χ4v) is 3.71. The molecule has 2 aliphatic rings. The monoisotopic (exact) mass is 215 g/mol. The zero-order chi connectivity index (χ0) is 9.97. The summed E-state index contributed by atoms with van der Waals surface area (Å²) in [6.07, 6.45) is 1.70. The molecule has 2 aliphatic heterocycles. The predicted octanol–water partition coefficient (Wildman–Crippen LogP) is 1.75. The van der Waals surface area contributed by atoms with Crippen molar-refractivity contribution in [2.75, 3.05) is 24.7 Å². The molecule has 0 radical (unpaired) electrons. The van der Waals surface area contributed by atoms with Crippen molar-refractivity contribution in [1.82, 2.24) is 5.32 Å². The maximum absolute atomic E-state index is 5.56. The molecule has 2 heterocycles. The SMILES string of the molecule is CC1CSCC1NCC1CCOC1C. The maximum Gasteiger partial charge on any atom is 0.0588 e. The molecule has 14 heavy (non-hydrogen) atoms. The third kappa shape index (κ3) is 2.44. The molecule has 2 rings (SSSR count). The Morgan fingerprint density at radius 3 is 2.79 bits per heavy atom. The molecule has 0 aromatic heterocycles. The Bertz CT molecular complexity index is 168. The third-order valence-corrected chi connectivity index (χ3v) is 4.90. The molecule has 0 amide bonds. The Kier molecular flexibility index (Phi) is 3.74. The van der Waals surface area contributed by atoms with Crippen LogP contribution in [0.25, 0.3) is 0 Å². The number of hydrogen-bond acceptors (Lipinski definition) is 3. The Morgan fingerprint density at radius 1 is 1.36 bits per heavy atom. The Balaban J connectivity index is 1.71. The average molecular weight is 215 g/mol. The maximum atomic E-state index is 5.56. The Morgan fingerprint density at radius 2 is 2.21 bits per heavy atom. The van der Waals surface area contributed by atoms with Crippen LogP contribution in [0, 0.1) is 11.8 Å². The van der Waals surface area contributed by atoms with Crippen LogP contribution in [-0.2, 0) is 4.74 Å². The summed E-state index contributed by atoms with van der Waals surface area (Å²) < 4.78 is 5.56. The topological polar surface area (TPSA) is 21.3 Å². The van der Waals surface area contributed by atoms with E-state index in [2.05, 4.69) is 30.9 Å². The van der Waals surface area contributed by atoms with E-state index >= 15 is 0 Å². The van der Waals surface area contributed by atoms with Crippen molar-refractivity contribution in [2.24, 2.45) is 11.8 Å². The normalized spacial score (nSPS) is 43.3. The summed E-state index contributed by atoms with van der Waals surface area (Å²) in [6, 6.07) is 0.743. The molecule has 2 saturated heterocycles. The molecule has 82 valence electrons. The minimum atomic E-state index is 0.465. The van der Waals surface area contributed by atoms with Gasteiger partial charge in [0.1, 0.15) is 0 Å². The molecule has 0 saturated carbocycles. The minimum Gasteiger partial charge on any atom is -0.378 e. The average Bonchev–Trinajstić information content (AvgIpc) is 2.72.